The maximum Gasteiger partial charge on any atom is 0.122 e. The lowest BCUT2D eigenvalue weighted by Crippen LogP contribution is -2.29. The summed E-state index contributed by atoms with van der Waals surface area (Å²) < 4.78 is 5.58. The first kappa shape index (κ1) is 12.1. The molecule has 1 heterocycles. The molecule has 1 aromatic rings. The smallest absolute Gasteiger partial charge is 0.122 e. The van der Waals surface area contributed by atoms with Crippen LogP contribution in [0.3, 0.4) is 0 Å². The van der Waals surface area contributed by atoms with Crippen LogP contribution in [0.4, 0.5) is 0 Å². The fraction of sp³-hybridized carbons (Fsp3) is 0.500. The van der Waals surface area contributed by atoms with Gasteiger partial charge in [-0.1, -0.05) is 18.2 Å². The third kappa shape index (κ3) is 2.86. The highest BCUT2D eigenvalue weighted by atomic mass is 16.5. The molecule has 3 nitrogen and oxygen atoms in total. The maximum atomic E-state index is 10.5. The van der Waals surface area contributed by atoms with Gasteiger partial charge in [-0.05, 0) is 37.3 Å². The fourth-order valence-corrected chi connectivity index (χ4v) is 2.42. The van der Waals surface area contributed by atoms with Gasteiger partial charge in [-0.15, -0.1) is 0 Å². The van der Waals surface area contributed by atoms with Crippen LogP contribution in [-0.2, 0) is 4.79 Å². The van der Waals surface area contributed by atoms with E-state index in [2.05, 4.69) is 0 Å². The fourth-order valence-electron chi connectivity index (χ4n) is 2.42. The van der Waals surface area contributed by atoms with Crippen LogP contribution in [0.2, 0.25) is 0 Å². The molecule has 92 valence electrons. The van der Waals surface area contributed by atoms with Crippen LogP contribution in [0.1, 0.15) is 37.7 Å². The van der Waals surface area contributed by atoms with Crippen molar-refractivity contribution in [3.05, 3.63) is 29.8 Å². The summed E-state index contributed by atoms with van der Waals surface area (Å²) in [5.41, 5.74) is 0.224. The Bertz CT molecular complexity index is 398. The zero-order valence-corrected chi connectivity index (χ0v) is 10.1. The summed E-state index contributed by atoms with van der Waals surface area (Å²) in [4.78, 5) is 10.5. The van der Waals surface area contributed by atoms with Crippen molar-refractivity contribution in [2.24, 2.45) is 0 Å². The van der Waals surface area contributed by atoms with E-state index < -0.39 is 5.60 Å². The van der Waals surface area contributed by atoms with Crippen molar-refractivity contribution in [3.63, 3.8) is 0 Å². The summed E-state index contributed by atoms with van der Waals surface area (Å²) in [6, 6.07) is 7.92. The molecule has 0 spiro atoms. The van der Waals surface area contributed by atoms with Gasteiger partial charge in [0.2, 0.25) is 0 Å². The van der Waals surface area contributed by atoms with E-state index in [0.29, 0.717) is 13.0 Å². The van der Waals surface area contributed by atoms with E-state index in [1.165, 1.54) is 0 Å². The van der Waals surface area contributed by atoms with Crippen molar-refractivity contribution in [1.29, 1.82) is 0 Å². The van der Waals surface area contributed by atoms with Crippen molar-refractivity contribution in [2.45, 2.75) is 37.7 Å². The second kappa shape index (κ2) is 4.88. The summed E-state index contributed by atoms with van der Waals surface area (Å²) >= 11 is 0. The quantitative estimate of drug-likeness (QED) is 0.813. The van der Waals surface area contributed by atoms with Crippen molar-refractivity contribution in [2.75, 3.05) is 6.61 Å². The largest absolute Gasteiger partial charge is 0.493 e. The molecular formula is C14H18O3. The van der Waals surface area contributed by atoms with E-state index in [-0.39, 0.29) is 12.3 Å². The first-order chi connectivity index (χ1) is 8.12. The van der Waals surface area contributed by atoms with Gasteiger partial charge in [0.1, 0.15) is 12.0 Å². The predicted octanol–water partition coefficient (Wildman–Crippen LogP) is 2.28. The summed E-state index contributed by atoms with van der Waals surface area (Å²) in [6.07, 6.45) is 2.47. The van der Waals surface area contributed by atoms with Gasteiger partial charge >= 0.3 is 0 Å². The van der Waals surface area contributed by atoms with Gasteiger partial charge in [-0.25, -0.2) is 0 Å². The van der Waals surface area contributed by atoms with Crippen LogP contribution in [0.15, 0.2) is 24.3 Å². The van der Waals surface area contributed by atoms with Gasteiger partial charge in [0.15, 0.2) is 0 Å². The van der Waals surface area contributed by atoms with E-state index in [1.807, 2.05) is 24.3 Å². The molecule has 0 bridgehead atoms. The monoisotopic (exact) mass is 234 g/mol. The van der Waals surface area contributed by atoms with Crippen LogP contribution in [0.5, 0.6) is 5.75 Å². The minimum Gasteiger partial charge on any atom is -0.493 e. The standard InChI is InChI=1S/C14H18O3/c1-14(16,7-8-15)10-11-6-9-17-13-5-3-2-4-12(11)13/h2-5,8,11,16H,6-7,9-10H2,1H3. The molecule has 0 amide bonds. The lowest BCUT2D eigenvalue weighted by atomic mass is 9.82. The van der Waals surface area contributed by atoms with Crippen LogP contribution >= 0.6 is 0 Å². The number of hydrogen-bond acceptors (Lipinski definition) is 3. The third-order valence-corrected chi connectivity index (χ3v) is 3.29. The van der Waals surface area contributed by atoms with Crippen LogP contribution in [0, 0.1) is 0 Å². The Morgan fingerprint density at radius 3 is 3.06 bits per heavy atom. The zero-order valence-electron chi connectivity index (χ0n) is 10.1. The van der Waals surface area contributed by atoms with Crippen molar-refractivity contribution in [3.8, 4) is 5.75 Å². The molecule has 2 atom stereocenters. The number of rotatable bonds is 4. The number of carbonyl (C=O) groups excluding carboxylic acids is 1. The molecule has 1 aliphatic rings. The van der Waals surface area contributed by atoms with Crippen LogP contribution in [-0.4, -0.2) is 23.6 Å². The normalized spacial score (nSPS) is 22.1. The number of carbonyl (C=O) groups is 1. The SMILES string of the molecule is CC(O)(CC=O)CC1CCOc2ccccc21. The lowest BCUT2D eigenvalue weighted by molar-refractivity contribution is -0.112. The molecule has 0 radical (unpaired) electrons. The van der Waals surface area contributed by atoms with Gasteiger partial charge < -0.3 is 14.6 Å². The number of aldehydes is 1. The van der Waals surface area contributed by atoms with Gasteiger partial charge in [0, 0.05) is 6.42 Å². The molecule has 2 rings (SSSR count). The van der Waals surface area contributed by atoms with Crippen LogP contribution in [0.25, 0.3) is 0 Å². The first-order valence-electron chi connectivity index (χ1n) is 6.00. The van der Waals surface area contributed by atoms with Crippen molar-refractivity contribution < 1.29 is 14.6 Å². The molecule has 0 saturated carbocycles. The molecule has 0 aromatic heterocycles. The molecule has 3 heteroatoms. The number of benzene rings is 1. The second-order valence-electron chi connectivity index (χ2n) is 4.94. The molecule has 17 heavy (non-hydrogen) atoms. The molecule has 0 fully saturated rings. The average Bonchev–Trinajstić information content (AvgIpc) is 2.29. The second-order valence-corrected chi connectivity index (χ2v) is 4.94. The maximum absolute atomic E-state index is 10.5. The van der Waals surface area contributed by atoms with E-state index in [9.17, 15) is 9.90 Å². The van der Waals surface area contributed by atoms with Crippen molar-refractivity contribution in [1.82, 2.24) is 0 Å². The van der Waals surface area contributed by atoms with Crippen molar-refractivity contribution >= 4 is 6.29 Å². The highest BCUT2D eigenvalue weighted by Crippen LogP contribution is 2.38. The Hall–Kier alpha value is -1.35. The first-order valence-corrected chi connectivity index (χ1v) is 6.00. The average molecular weight is 234 g/mol. The van der Waals surface area contributed by atoms with Crippen LogP contribution < -0.4 is 4.74 Å². The summed E-state index contributed by atoms with van der Waals surface area (Å²) in [5, 5.41) is 10.1. The molecule has 0 saturated heterocycles. The number of fused-ring (bicyclic) bond motifs is 1. The predicted molar refractivity (Wildman–Crippen MR) is 65.2 cm³/mol. The summed E-state index contributed by atoms with van der Waals surface area (Å²) in [7, 11) is 0. The van der Waals surface area contributed by atoms with E-state index in [0.717, 1.165) is 24.0 Å². The minimum atomic E-state index is -0.920. The Kier molecular flexibility index (Phi) is 3.48. The molecule has 1 aliphatic heterocycles. The zero-order chi connectivity index (χ0) is 12.3. The minimum absolute atomic E-state index is 0.187. The van der Waals surface area contributed by atoms with E-state index >= 15 is 0 Å². The Labute approximate surface area is 101 Å². The van der Waals surface area contributed by atoms with E-state index in [1.54, 1.807) is 6.92 Å². The molecule has 2 unspecified atom stereocenters. The number of ether oxygens (including phenoxy) is 1. The highest BCUT2D eigenvalue weighted by molar-refractivity contribution is 5.51. The lowest BCUT2D eigenvalue weighted by Gasteiger charge is -2.31. The number of para-hydroxylation sites is 1. The molecule has 1 N–H and O–H groups in total. The number of hydrogen-bond donors (Lipinski definition) is 1. The van der Waals surface area contributed by atoms with Gasteiger partial charge in [-0.3, -0.25) is 0 Å². The topological polar surface area (TPSA) is 46.5 Å². The summed E-state index contributed by atoms with van der Waals surface area (Å²) in [5.74, 6) is 1.18. The third-order valence-electron chi connectivity index (χ3n) is 3.29. The molecule has 1 aromatic carbocycles. The number of aliphatic hydroxyl groups is 1. The summed E-state index contributed by atoms with van der Waals surface area (Å²) in [6.45, 7) is 2.40. The van der Waals surface area contributed by atoms with Gasteiger partial charge in [-0.2, -0.15) is 0 Å². The van der Waals surface area contributed by atoms with Gasteiger partial charge in [0.05, 0.1) is 12.2 Å². The highest BCUT2D eigenvalue weighted by Gasteiger charge is 2.29. The molecule has 0 aliphatic carbocycles. The Morgan fingerprint density at radius 2 is 2.29 bits per heavy atom. The Balaban J connectivity index is 2.16. The Morgan fingerprint density at radius 1 is 1.53 bits per heavy atom. The molecular weight excluding hydrogens is 216 g/mol. The van der Waals surface area contributed by atoms with Gasteiger partial charge in [0.25, 0.3) is 0 Å². The van der Waals surface area contributed by atoms with E-state index in [4.69, 9.17) is 4.74 Å².